The highest BCUT2D eigenvalue weighted by molar-refractivity contribution is 6.02. The van der Waals surface area contributed by atoms with E-state index in [1.807, 2.05) is 30.3 Å². The second-order valence-electron chi connectivity index (χ2n) is 5.89. The van der Waals surface area contributed by atoms with Crippen LogP contribution in [0.1, 0.15) is 25.0 Å². The lowest BCUT2D eigenvalue weighted by Gasteiger charge is -2.19. The molecule has 2 rings (SSSR count). The number of hydrogen-bond acceptors (Lipinski definition) is 4. The van der Waals surface area contributed by atoms with Crippen LogP contribution in [0.4, 0.5) is 5.69 Å². The van der Waals surface area contributed by atoms with Crippen molar-refractivity contribution in [1.82, 2.24) is 4.90 Å². The van der Waals surface area contributed by atoms with Crippen LogP contribution in [0, 0.1) is 11.3 Å². The number of amides is 1. The number of carbonyl (C=O) groups is 1. The number of rotatable bonds is 9. The summed E-state index contributed by atoms with van der Waals surface area (Å²) in [5, 5.41) is 11.9. The van der Waals surface area contributed by atoms with Gasteiger partial charge in [-0.15, -0.1) is 0 Å². The molecule has 0 aliphatic rings. The zero-order chi connectivity index (χ0) is 19.5. The molecular weight excluding hydrogens is 338 g/mol. The molecule has 0 heterocycles. The Bertz CT molecular complexity index is 820. The summed E-state index contributed by atoms with van der Waals surface area (Å²) in [6.45, 7) is 7.59. The molecule has 2 aromatic rings. The van der Waals surface area contributed by atoms with E-state index in [-0.39, 0.29) is 5.91 Å². The number of carbonyl (C=O) groups excluding carboxylic acids is 1. The molecular formula is C22H25N3O2. The summed E-state index contributed by atoms with van der Waals surface area (Å²) >= 11 is 0. The Hall–Kier alpha value is -3.10. The molecule has 2 aromatic carbocycles. The zero-order valence-electron chi connectivity index (χ0n) is 15.8. The lowest BCUT2D eigenvalue weighted by Crippen LogP contribution is -2.28. The van der Waals surface area contributed by atoms with Crippen LogP contribution in [0.2, 0.25) is 0 Å². The highest BCUT2D eigenvalue weighted by Gasteiger charge is 2.07. The van der Waals surface area contributed by atoms with Crippen molar-refractivity contribution in [3.8, 4) is 11.8 Å². The molecule has 0 saturated carbocycles. The molecule has 0 aliphatic carbocycles. The van der Waals surface area contributed by atoms with Gasteiger partial charge in [-0.1, -0.05) is 44.2 Å². The van der Waals surface area contributed by atoms with Gasteiger partial charge in [-0.2, -0.15) is 5.26 Å². The normalized spacial score (nSPS) is 10.7. The molecule has 5 nitrogen and oxygen atoms in total. The maximum atomic E-state index is 12.3. The third-order valence-corrected chi connectivity index (χ3v) is 4.20. The van der Waals surface area contributed by atoms with Crippen LogP contribution in [0.25, 0.3) is 6.08 Å². The average Bonchev–Trinajstić information content (AvgIpc) is 2.71. The minimum absolute atomic E-state index is 0.275. The maximum Gasteiger partial charge on any atom is 0.248 e. The fourth-order valence-electron chi connectivity index (χ4n) is 2.60. The Morgan fingerprint density at radius 1 is 1.15 bits per heavy atom. The van der Waals surface area contributed by atoms with E-state index in [1.165, 1.54) is 6.08 Å². The van der Waals surface area contributed by atoms with Crippen molar-refractivity contribution in [3.05, 3.63) is 65.7 Å². The molecule has 1 amide bonds. The van der Waals surface area contributed by atoms with Crippen LogP contribution in [-0.4, -0.2) is 37.0 Å². The molecule has 0 fully saturated rings. The molecule has 0 aromatic heterocycles. The molecule has 0 spiro atoms. The monoisotopic (exact) mass is 363 g/mol. The van der Waals surface area contributed by atoms with Gasteiger partial charge in [0.1, 0.15) is 12.4 Å². The number of anilines is 1. The van der Waals surface area contributed by atoms with Gasteiger partial charge in [0.2, 0.25) is 5.91 Å². The van der Waals surface area contributed by atoms with Crippen LogP contribution >= 0.6 is 0 Å². The highest BCUT2D eigenvalue weighted by Crippen LogP contribution is 2.23. The first kappa shape index (κ1) is 20.2. The van der Waals surface area contributed by atoms with E-state index in [4.69, 9.17) is 10.00 Å². The van der Waals surface area contributed by atoms with Crippen LogP contribution in [0.3, 0.4) is 0 Å². The summed E-state index contributed by atoms with van der Waals surface area (Å²) < 4.78 is 5.85. The van der Waals surface area contributed by atoms with Crippen molar-refractivity contribution in [2.75, 3.05) is 31.6 Å². The number of para-hydroxylation sites is 2. The number of nitrogens with one attached hydrogen (secondary N) is 1. The van der Waals surface area contributed by atoms with Crippen LogP contribution in [0.15, 0.2) is 54.6 Å². The van der Waals surface area contributed by atoms with Crippen molar-refractivity contribution in [2.45, 2.75) is 13.8 Å². The number of hydrogen-bond donors (Lipinski definition) is 1. The number of likely N-dealkylation sites (N-methyl/N-ethyl adjacent to an activating group) is 1. The third kappa shape index (κ3) is 6.28. The Balaban J connectivity index is 1.99. The fraction of sp³-hybridized carbons (Fsp3) is 0.273. The van der Waals surface area contributed by atoms with E-state index in [0.717, 1.165) is 19.6 Å². The van der Waals surface area contributed by atoms with Gasteiger partial charge >= 0.3 is 0 Å². The molecule has 0 atom stereocenters. The number of nitrogens with zero attached hydrogens (tertiary/aromatic N) is 2. The summed E-state index contributed by atoms with van der Waals surface area (Å²) in [7, 11) is 0. The molecule has 5 heteroatoms. The first-order valence-corrected chi connectivity index (χ1v) is 9.10. The molecule has 0 unspecified atom stereocenters. The molecule has 140 valence electrons. The van der Waals surface area contributed by atoms with E-state index < -0.39 is 0 Å². The zero-order valence-corrected chi connectivity index (χ0v) is 15.8. The summed E-state index contributed by atoms with van der Waals surface area (Å²) in [5.74, 6) is 0.367. The second-order valence-corrected chi connectivity index (χ2v) is 5.89. The first-order chi connectivity index (χ1) is 13.2. The van der Waals surface area contributed by atoms with Gasteiger partial charge in [-0.25, -0.2) is 0 Å². The van der Waals surface area contributed by atoms with Crippen LogP contribution in [0.5, 0.6) is 5.75 Å². The van der Waals surface area contributed by atoms with Crippen molar-refractivity contribution in [1.29, 1.82) is 5.26 Å². The topological polar surface area (TPSA) is 65.4 Å². The van der Waals surface area contributed by atoms with Crippen molar-refractivity contribution in [3.63, 3.8) is 0 Å². The van der Waals surface area contributed by atoms with Crippen LogP contribution < -0.4 is 10.1 Å². The average molecular weight is 363 g/mol. The van der Waals surface area contributed by atoms with Gasteiger partial charge < -0.3 is 15.0 Å². The van der Waals surface area contributed by atoms with Crippen LogP contribution in [-0.2, 0) is 4.79 Å². The van der Waals surface area contributed by atoms with E-state index in [9.17, 15) is 4.79 Å². The lowest BCUT2D eigenvalue weighted by atomic mass is 10.1. The van der Waals surface area contributed by atoms with Gasteiger partial charge in [-0.3, -0.25) is 4.79 Å². The summed E-state index contributed by atoms with van der Waals surface area (Å²) in [6, 6.07) is 16.6. The molecule has 0 saturated heterocycles. The van der Waals surface area contributed by atoms with Gasteiger partial charge in [0.25, 0.3) is 0 Å². The smallest absolute Gasteiger partial charge is 0.248 e. The molecule has 0 bridgehead atoms. The quantitative estimate of drug-likeness (QED) is 0.686. The fourth-order valence-corrected chi connectivity index (χ4v) is 2.60. The van der Waals surface area contributed by atoms with E-state index in [1.54, 1.807) is 24.3 Å². The minimum Gasteiger partial charge on any atom is -0.490 e. The summed E-state index contributed by atoms with van der Waals surface area (Å²) in [4.78, 5) is 14.5. The Labute approximate surface area is 160 Å². The molecule has 27 heavy (non-hydrogen) atoms. The van der Waals surface area contributed by atoms with E-state index in [0.29, 0.717) is 29.2 Å². The minimum atomic E-state index is -0.275. The number of ether oxygens (including phenoxy) is 1. The lowest BCUT2D eigenvalue weighted by molar-refractivity contribution is -0.111. The van der Waals surface area contributed by atoms with Gasteiger partial charge in [0.15, 0.2) is 0 Å². The van der Waals surface area contributed by atoms with Gasteiger partial charge in [0.05, 0.1) is 17.3 Å². The van der Waals surface area contributed by atoms with E-state index >= 15 is 0 Å². The standard InChI is InChI=1S/C22H25N3O2/c1-3-25(4-2)15-16-27-21-12-8-7-11-20(21)24-22(26)14-13-18-9-5-6-10-19(18)17-23/h5-14H,3-4,15-16H2,1-2H3,(H,24,26)/b14-13+. The summed E-state index contributed by atoms with van der Waals surface area (Å²) in [5.41, 5.74) is 1.86. The Morgan fingerprint density at radius 2 is 1.85 bits per heavy atom. The van der Waals surface area contributed by atoms with E-state index in [2.05, 4.69) is 30.1 Å². The second kappa shape index (κ2) is 10.8. The van der Waals surface area contributed by atoms with Crippen molar-refractivity contribution < 1.29 is 9.53 Å². The third-order valence-electron chi connectivity index (χ3n) is 4.20. The Kier molecular flexibility index (Phi) is 8.08. The summed E-state index contributed by atoms with van der Waals surface area (Å²) in [6.07, 6.45) is 3.06. The first-order valence-electron chi connectivity index (χ1n) is 9.10. The maximum absolute atomic E-state index is 12.3. The Morgan fingerprint density at radius 3 is 2.59 bits per heavy atom. The van der Waals surface area contributed by atoms with Gasteiger partial charge in [0, 0.05) is 12.6 Å². The van der Waals surface area contributed by atoms with Crippen molar-refractivity contribution >= 4 is 17.7 Å². The number of benzene rings is 2. The highest BCUT2D eigenvalue weighted by atomic mass is 16.5. The molecule has 0 radical (unpaired) electrons. The molecule has 0 aliphatic heterocycles. The predicted octanol–water partition coefficient (Wildman–Crippen LogP) is 3.93. The number of nitriles is 1. The molecule has 1 N–H and O–H groups in total. The largest absolute Gasteiger partial charge is 0.490 e. The SMILES string of the molecule is CCN(CC)CCOc1ccccc1NC(=O)/C=C/c1ccccc1C#N. The predicted molar refractivity (Wildman–Crippen MR) is 109 cm³/mol. The van der Waals surface area contributed by atoms with Crippen molar-refractivity contribution in [2.24, 2.45) is 0 Å². The van der Waals surface area contributed by atoms with Gasteiger partial charge in [-0.05, 0) is 42.9 Å².